The molecular weight excluding hydrogens is 394 g/mol. The number of carbonyl (C=O) groups excluding carboxylic acids is 1. The van der Waals surface area contributed by atoms with Crippen LogP contribution in [0.5, 0.6) is 11.5 Å². The minimum atomic E-state index is -1.11. The quantitative estimate of drug-likeness (QED) is 0.466. The first-order valence-electron chi connectivity index (χ1n) is 7.90. The molecule has 1 amide bonds. The summed E-state index contributed by atoms with van der Waals surface area (Å²) in [5, 5.41) is 17.5. The van der Waals surface area contributed by atoms with Crippen LogP contribution in [0.1, 0.15) is 18.9 Å². The SMILES string of the molecule is CCOc1cc(/C=C2/SC(=S)N(CCC(=O)O)C2=O)ccc1OCC(=O)O. The number of carbonyl (C=O) groups is 3. The van der Waals surface area contributed by atoms with E-state index in [0.717, 1.165) is 11.8 Å². The van der Waals surface area contributed by atoms with Crippen LogP contribution in [0.3, 0.4) is 0 Å². The van der Waals surface area contributed by atoms with Crippen LogP contribution in [0.2, 0.25) is 0 Å². The number of hydrogen-bond donors (Lipinski definition) is 2. The maximum atomic E-state index is 12.4. The van der Waals surface area contributed by atoms with Crippen molar-refractivity contribution in [3.8, 4) is 11.5 Å². The van der Waals surface area contributed by atoms with Crippen molar-refractivity contribution in [2.45, 2.75) is 13.3 Å². The molecule has 1 aliphatic heterocycles. The molecule has 0 saturated carbocycles. The number of rotatable bonds is 9. The Balaban J connectivity index is 2.21. The largest absolute Gasteiger partial charge is 0.490 e. The van der Waals surface area contributed by atoms with E-state index in [-0.39, 0.29) is 24.6 Å². The Morgan fingerprint density at radius 3 is 2.59 bits per heavy atom. The van der Waals surface area contributed by atoms with Gasteiger partial charge in [0.05, 0.1) is 17.9 Å². The predicted molar refractivity (Wildman–Crippen MR) is 103 cm³/mol. The molecule has 0 aliphatic carbocycles. The highest BCUT2D eigenvalue weighted by molar-refractivity contribution is 8.26. The molecule has 0 unspecified atom stereocenters. The van der Waals surface area contributed by atoms with Gasteiger partial charge in [-0.3, -0.25) is 14.5 Å². The first-order chi connectivity index (χ1) is 12.8. The summed E-state index contributed by atoms with van der Waals surface area (Å²) in [5.41, 5.74) is 0.639. The first kappa shape index (κ1) is 20.7. The van der Waals surface area contributed by atoms with E-state index in [0.29, 0.717) is 27.1 Å². The van der Waals surface area contributed by atoms with E-state index in [9.17, 15) is 14.4 Å². The molecule has 10 heteroatoms. The molecule has 27 heavy (non-hydrogen) atoms. The third kappa shape index (κ3) is 5.69. The second-order valence-corrected chi connectivity index (χ2v) is 6.97. The standard InChI is InChI=1S/C17H17NO7S2/c1-2-24-12-7-10(3-4-11(12)25-9-15(21)22)8-13-16(23)18(17(26)27-13)6-5-14(19)20/h3-4,7-8H,2,5-6,9H2,1H3,(H,19,20)(H,21,22)/b13-8+. The Hall–Kier alpha value is -2.59. The summed E-state index contributed by atoms with van der Waals surface area (Å²) in [4.78, 5) is 35.4. The summed E-state index contributed by atoms with van der Waals surface area (Å²) in [6, 6.07) is 4.85. The van der Waals surface area contributed by atoms with Crippen molar-refractivity contribution in [3.63, 3.8) is 0 Å². The average Bonchev–Trinajstić information content (AvgIpc) is 2.86. The van der Waals surface area contributed by atoms with Crippen molar-refractivity contribution in [1.82, 2.24) is 4.90 Å². The fraction of sp³-hybridized carbons (Fsp3) is 0.294. The van der Waals surface area contributed by atoms with Gasteiger partial charge in [0.2, 0.25) is 0 Å². The van der Waals surface area contributed by atoms with Crippen LogP contribution in [0, 0.1) is 0 Å². The van der Waals surface area contributed by atoms with E-state index in [1.807, 2.05) is 0 Å². The molecule has 144 valence electrons. The van der Waals surface area contributed by atoms with Crippen LogP contribution in [-0.2, 0) is 14.4 Å². The highest BCUT2D eigenvalue weighted by atomic mass is 32.2. The van der Waals surface area contributed by atoms with E-state index in [1.54, 1.807) is 31.2 Å². The fourth-order valence-electron chi connectivity index (χ4n) is 2.19. The second-order valence-electron chi connectivity index (χ2n) is 5.30. The van der Waals surface area contributed by atoms with Gasteiger partial charge < -0.3 is 19.7 Å². The zero-order chi connectivity index (χ0) is 20.0. The molecule has 1 fully saturated rings. The lowest BCUT2D eigenvalue weighted by molar-refractivity contribution is -0.139. The van der Waals surface area contributed by atoms with Crippen molar-refractivity contribution in [2.75, 3.05) is 19.8 Å². The van der Waals surface area contributed by atoms with Gasteiger partial charge in [0, 0.05) is 6.54 Å². The molecule has 0 atom stereocenters. The third-order valence-corrected chi connectivity index (χ3v) is 4.72. The number of amides is 1. The highest BCUT2D eigenvalue weighted by Crippen LogP contribution is 2.35. The number of aliphatic carboxylic acids is 2. The Bertz CT molecular complexity index is 806. The number of thiocarbonyl (C=S) groups is 1. The van der Waals surface area contributed by atoms with Gasteiger partial charge in [-0.15, -0.1) is 0 Å². The molecule has 1 heterocycles. The summed E-state index contributed by atoms with van der Waals surface area (Å²) < 4.78 is 11.0. The molecule has 1 saturated heterocycles. The summed E-state index contributed by atoms with van der Waals surface area (Å²) in [7, 11) is 0. The van der Waals surface area contributed by atoms with Gasteiger partial charge in [-0.05, 0) is 30.7 Å². The van der Waals surface area contributed by atoms with Gasteiger partial charge in [-0.1, -0.05) is 30.0 Å². The predicted octanol–water partition coefficient (Wildman–Crippen LogP) is 2.22. The van der Waals surface area contributed by atoms with Crippen molar-refractivity contribution in [1.29, 1.82) is 0 Å². The van der Waals surface area contributed by atoms with E-state index in [4.69, 9.17) is 31.9 Å². The van der Waals surface area contributed by atoms with E-state index < -0.39 is 18.5 Å². The number of thioether (sulfide) groups is 1. The summed E-state index contributed by atoms with van der Waals surface area (Å²) in [6.07, 6.45) is 1.42. The molecule has 1 aromatic rings. The zero-order valence-electron chi connectivity index (χ0n) is 14.3. The first-order valence-corrected chi connectivity index (χ1v) is 9.13. The number of ether oxygens (including phenoxy) is 2. The molecule has 0 aromatic heterocycles. The van der Waals surface area contributed by atoms with E-state index >= 15 is 0 Å². The minimum absolute atomic E-state index is 0.0174. The highest BCUT2D eigenvalue weighted by Gasteiger charge is 2.32. The number of hydrogen-bond acceptors (Lipinski definition) is 7. The maximum Gasteiger partial charge on any atom is 0.341 e. The molecule has 8 nitrogen and oxygen atoms in total. The lowest BCUT2D eigenvalue weighted by Crippen LogP contribution is -2.30. The molecular formula is C17H17NO7S2. The molecule has 2 N–H and O–H groups in total. The van der Waals surface area contributed by atoms with Crippen molar-refractivity contribution >= 4 is 52.2 Å². The van der Waals surface area contributed by atoms with Crippen molar-refractivity contribution < 1.29 is 34.1 Å². The van der Waals surface area contributed by atoms with Gasteiger partial charge in [-0.25, -0.2) is 4.79 Å². The van der Waals surface area contributed by atoms with Crippen LogP contribution < -0.4 is 9.47 Å². The minimum Gasteiger partial charge on any atom is -0.490 e. The topological polar surface area (TPSA) is 113 Å². The molecule has 0 spiro atoms. The molecule has 0 radical (unpaired) electrons. The monoisotopic (exact) mass is 411 g/mol. The lowest BCUT2D eigenvalue weighted by atomic mass is 10.2. The van der Waals surface area contributed by atoms with Gasteiger partial charge in [0.1, 0.15) is 4.32 Å². The molecule has 1 aliphatic rings. The van der Waals surface area contributed by atoms with E-state index in [2.05, 4.69) is 0 Å². The van der Waals surface area contributed by atoms with Gasteiger partial charge >= 0.3 is 11.9 Å². The van der Waals surface area contributed by atoms with Gasteiger partial charge in [-0.2, -0.15) is 0 Å². The van der Waals surface area contributed by atoms with E-state index in [1.165, 1.54) is 4.90 Å². The second kappa shape index (κ2) is 9.38. The summed E-state index contributed by atoms with van der Waals surface area (Å²) in [6.45, 7) is 1.65. The zero-order valence-corrected chi connectivity index (χ0v) is 16.0. The Morgan fingerprint density at radius 1 is 1.22 bits per heavy atom. The Kier molecular flexibility index (Phi) is 7.19. The van der Waals surface area contributed by atoms with Crippen LogP contribution >= 0.6 is 24.0 Å². The van der Waals surface area contributed by atoms with Crippen LogP contribution in [0.4, 0.5) is 0 Å². The third-order valence-electron chi connectivity index (χ3n) is 3.34. The van der Waals surface area contributed by atoms with Gasteiger partial charge in [0.15, 0.2) is 18.1 Å². The van der Waals surface area contributed by atoms with Crippen LogP contribution in [0.25, 0.3) is 6.08 Å². The van der Waals surface area contributed by atoms with Crippen molar-refractivity contribution in [3.05, 3.63) is 28.7 Å². The van der Waals surface area contributed by atoms with Crippen molar-refractivity contribution in [2.24, 2.45) is 0 Å². The Labute approximate surface area is 164 Å². The Morgan fingerprint density at radius 2 is 1.96 bits per heavy atom. The number of benzene rings is 1. The summed E-state index contributed by atoms with van der Waals surface area (Å²) in [5.74, 6) is -1.83. The number of carboxylic acids is 2. The normalized spacial score (nSPS) is 15.3. The van der Waals surface area contributed by atoms with Crippen LogP contribution in [0.15, 0.2) is 23.1 Å². The smallest absolute Gasteiger partial charge is 0.341 e. The molecule has 0 bridgehead atoms. The fourth-order valence-corrected chi connectivity index (χ4v) is 3.50. The number of carboxylic acid groups (broad SMARTS) is 2. The van der Waals surface area contributed by atoms with Gasteiger partial charge in [0.25, 0.3) is 5.91 Å². The number of nitrogens with zero attached hydrogens (tertiary/aromatic N) is 1. The molecule has 1 aromatic carbocycles. The maximum absolute atomic E-state index is 12.4. The lowest BCUT2D eigenvalue weighted by Gasteiger charge is -2.12. The van der Waals surface area contributed by atoms with Crippen LogP contribution in [-0.4, -0.2) is 57.0 Å². The molecule has 2 rings (SSSR count). The average molecular weight is 411 g/mol. The summed E-state index contributed by atoms with van der Waals surface area (Å²) >= 11 is 6.24.